The molecule has 0 amide bonds. The number of rotatable bonds is 5. The van der Waals surface area contributed by atoms with E-state index in [2.05, 4.69) is 24.4 Å². The van der Waals surface area contributed by atoms with Crippen LogP contribution < -0.4 is 5.32 Å². The van der Waals surface area contributed by atoms with E-state index >= 15 is 0 Å². The Morgan fingerprint density at radius 2 is 1.80 bits per heavy atom. The maximum Gasteiger partial charge on any atom is 0.0548 e. The summed E-state index contributed by atoms with van der Waals surface area (Å²) in [6.45, 7) is 2.07. The average molecular weight is 308 g/mol. The molecule has 0 radical (unpaired) electrons. The van der Waals surface area contributed by atoms with Crippen LogP contribution in [0.1, 0.15) is 17.2 Å². The van der Waals surface area contributed by atoms with Crippen LogP contribution >= 0.6 is 11.6 Å². The van der Waals surface area contributed by atoms with Crippen LogP contribution in [0.2, 0.25) is 5.02 Å². The van der Waals surface area contributed by atoms with Gasteiger partial charge in [0.25, 0.3) is 0 Å². The maximum atomic E-state index is 12.4. The lowest BCUT2D eigenvalue weighted by Crippen LogP contribution is -2.23. The third-order valence-electron chi connectivity index (χ3n) is 3.31. The number of halogens is 1. The van der Waals surface area contributed by atoms with Crippen LogP contribution in [0, 0.1) is 6.92 Å². The average Bonchev–Trinajstić information content (AvgIpc) is 2.46. The van der Waals surface area contributed by atoms with E-state index in [1.165, 1.54) is 11.1 Å². The Morgan fingerprint density at radius 1 is 1.15 bits per heavy atom. The summed E-state index contributed by atoms with van der Waals surface area (Å²) in [5.74, 6) is 0.545. The lowest BCUT2D eigenvalue weighted by Gasteiger charge is -2.18. The van der Waals surface area contributed by atoms with E-state index in [-0.39, 0.29) is 6.04 Å². The molecule has 0 aliphatic heterocycles. The molecular formula is C16H18ClNOS. The van der Waals surface area contributed by atoms with Gasteiger partial charge in [0.2, 0.25) is 0 Å². The van der Waals surface area contributed by atoms with Crippen LogP contribution in [0.4, 0.5) is 0 Å². The summed E-state index contributed by atoms with van der Waals surface area (Å²) in [4.78, 5) is 0.809. The molecule has 0 aromatic heterocycles. The van der Waals surface area contributed by atoms with Crippen molar-refractivity contribution in [2.75, 3.05) is 12.8 Å². The van der Waals surface area contributed by atoms with Crippen molar-refractivity contribution in [1.29, 1.82) is 0 Å². The van der Waals surface area contributed by atoms with Crippen molar-refractivity contribution in [3.63, 3.8) is 0 Å². The van der Waals surface area contributed by atoms with Crippen LogP contribution in [0.5, 0.6) is 0 Å². The number of nitrogens with one attached hydrogen (secondary N) is 1. The molecule has 20 heavy (non-hydrogen) atoms. The Bertz CT molecular complexity index is 598. The molecule has 2 aromatic rings. The second-order valence-corrected chi connectivity index (χ2v) is 6.60. The molecule has 4 heteroatoms. The molecule has 1 N–H and O–H groups in total. The van der Waals surface area contributed by atoms with Gasteiger partial charge in [0, 0.05) is 21.7 Å². The second-order valence-electron chi connectivity index (χ2n) is 4.66. The Kier molecular flexibility index (Phi) is 5.35. The smallest absolute Gasteiger partial charge is 0.0548 e. The molecule has 2 nitrogen and oxygen atoms in total. The van der Waals surface area contributed by atoms with Crippen molar-refractivity contribution in [1.82, 2.24) is 5.32 Å². The predicted octanol–water partition coefficient (Wildman–Crippen LogP) is 3.72. The fourth-order valence-corrected chi connectivity index (χ4v) is 3.55. The summed E-state index contributed by atoms with van der Waals surface area (Å²) in [7, 11) is 0.847. The minimum atomic E-state index is -1.05. The minimum absolute atomic E-state index is 0.0766. The summed E-state index contributed by atoms with van der Waals surface area (Å²) in [5, 5.41) is 3.91. The molecule has 0 bridgehead atoms. The van der Waals surface area contributed by atoms with Crippen molar-refractivity contribution in [3.05, 3.63) is 64.7 Å². The first-order valence-corrected chi connectivity index (χ1v) is 8.18. The summed E-state index contributed by atoms with van der Waals surface area (Å²) in [6.07, 6.45) is 0. The maximum absolute atomic E-state index is 12.4. The number of benzene rings is 2. The lowest BCUT2D eigenvalue weighted by molar-refractivity contribution is 0.633. The summed E-state index contributed by atoms with van der Waals surface area (Å²) in [5.41, 5.74) is 2.40. The predicted molar refractivity (Wildman–Crippen MR) is 85.7 cm³/mol. The van der Waals surface area contributed by atoms with Crippen LogP contribution in [-0.4, -0.2) is 17.0 Å². The zero-order valence-corrected chi connectivity index (χ0v) is 13.2. The van der Waals surface area contributed by atoms with Gasteiger partial charge in [-0.25, -0.2) is 0 Å². The van der Waals surface area contributed by atoms with Gasteiger partial charge in [0.1, 0.15) is 0 Å². The summed E-state index contributed by atoms with van der Waals surface area (Å²) >= 11 is 5.85. The molecule has 2 atom stereocenters. The molecule has 0 heterocycles. The SMILES string of the molecule is CNC(CS(=O)c1ccc(Cl)cc1)c1ccccc1C. The van der Waals surface area contributed by atoms with Gasteiger partial charge in [-0.15, -0.1) is 0 Å². The van der Waals surface area contributed by atoms with E-state index in [9.17, 15) is 4.21 Å². The highest BCUT2D eigenvalue weighted by atomic mass is 35.5. The van der Waals surface area contributed by atoms with Gasteiger partial charge in [-0.3, -0.25) is 4.21 Å². The van der Waals surface area contributed by atoms with Gasteiger partial charge in [-0.1, -0.05) is 35.9 Å². The Balaban J connectivity index is 2.16. The summed E-state index contributed by atoms with van der Waals surface area (Å²) < 4.78 is 12.4. The highest BCUT2D eigenvalue weighted by molar-refractivity contribution is 7.85. The lowest BCUT2D eigenvalue weighted by atomic mass is 10.0. The monoisotopic (exact) mass is 307 g/mol. The first kappa shape index (κ1) is 15.2. The van der Waals surface area contributed by atoms with Crippen LogP contribution in [0.25, 0.3) is 0 Å². The molecular weight excluding hydrogens is 290 g/mol. The molecule has 0 spiro atoms. The normalized spacial score (nSPS) is 13.9. The molecule has 0 aliphatic carbocycles. The van der Waals surface area contributed by atoms with Crippen molar-refractivity contribution >= 4 is 22.4 Å². The highest BCUT2D eigenvalue weighted by Gasteiger charge is 2.16. The van der Waals surface area contributed by atoms with Gasteiger partial charge in [0.15, 0.2) is 0 Å². The number of hydrogen-bond donors (Lipinski definition) is 1. The van der Waals surface area contributed by atoms with Crippen LogP contribution in [-0.2, 0) is 10.8 Å². The van der Waals surface area contributed by atoms with E-state index in [4.69, 9.17) is 11.6 Å². The first-order valence-electron chi connectivity index (χ1n) is 6.48. The molecule has 2 aromatic carbocycles. The number of aryl methyl sites for hydroxylation is 1. The van der Waals surface area contributed by atoms with Crippen molar-refractivity contribution in [3.8, 4) is 0 Å². The molecule has 0 fully saturated rings. The Labute approximate surface area is 127 Å². The van der Waals surface area contributed by atoms with Gasteiger partial charge < -0.3 is 5.32 Å². The van der Waals surface area contributed by atoms with Gasteiger partial charge in [-0.2, -0.15) is 0 Å². The summed E-state index contributed by atoms with van der Waals surface area (Å²) in [6, 6.07) is 15.5. The molecule has 2 unspecified atom stereocenters. The van der Waals surface area contributed by atoms with Crippen LogP contribution in [0.15, 0.2) is 53.4 Å². The van der Waals surface area contributed by atoms with E-state index in [1.807, 2.05) is 31.3 Å². The van der Waals surface area contributed by atoms with Gasteiger partial charge >= 0.3 is 0 Å². The van der Waals surface area contributed by atoms with E-state index < -0.39 is 10.8 Å². The molecule has 0 saturated heterocycles. The first-order chi connectivity index (χ1) is 9.61. The Hall–Kier alpha value is -1.16. The van der Waals surface area contributed by atoms with E-state index in [0.717, 1.165) is 4.90 Å². The third-order valence-corrected chi connectivity index (χ3v) is 4.99. The fraction of sp³-hybridized carbons (Fsp3) is 0.250. The van der Waals surface area contributed by atoms with E-state index in [0.29, 0.717) is 10.8 Å². The highest BCUT2D eigenvalue weighted by Crippen LogP contribution is 2.21. The standard InChI is InChI=1S/C16H18ClNOS/c1-12-5-3-4-6-15(12)16(18-2)11-20(19)14-9-7-13(17)8-10-14/h3-10,16,18H,11H2,1-2H3. The number of hydrogen-bond acceptors (Lipinski definition) is 2. The quantitative estimate of drug-likeness (QED) is 0.912. The van der Waals surface area contributed by atoms with Gasteiger partial charge in [-0.05, 0) is 49.4 Å². The third kappa shape index (κ3) is 3.69. The van der Waals surface area contributed by atoms with Crippen LogP contribution in [0.3, 0.4) is 0 Å². The topological polar surface area (TPSA) is 29.1 Å². The molecule has 0 saturated carbocycles. The minimum Gasteiger partial charge on any atom is -0.312 e. The molecule has 106 valence electrons. The molecule has 2 rings (SSSR count). The zero-order chi connectivity index (χ0) is 14.5. The second kappa shape index (κ2) is 7.02. The van der Waals surface area contributed by atoms with E-state index in [1.54, 1.807) is 12.1 Å². The largest absolute Gasteiger partial charge is 0.312 e. The fourth-order valence-electron chi connectivity index (χ4n) is 2.14. The van der Waals surface area contributed by atoms with Crippen molar-refractivity contribution < 1.29 is 4.21 Å². The zero-order valence-electron chi connectivity index (χ0n) is 11.6. The van der Waals surface area contributed by atoms with Crippen molar-refractivity contribution in [2.45, 2.75) is 17.9 Å². The van der Waals surface area contributed by atoms with Crippen molar-refractivity contribution in [2.24, 2.45) is 0 Å². The Morgan fingerprint density at radius 3 is 2.40 bits per heavy atom. The van der Waals surface area contributed by atoms with Gasteiger partial charge in [0.05, 0.1) is 10.8 Å². The molecule has 0 aliphatic rings.